The Morgan fingerprint density at radius 3 is 3.00 bits per heavy atom. The summed E-state index contributed by atoms with van der Waals surface area (Å²) in [6.45, 7) is 0.405. The van der Waals surface area contributed by atoms with E-state index in [1.54, 1.807) is 36.3 Å². The topological polar surface area (TPSA) is 78.3 Å². The van der Waals surface area contributed by atoms with Crippen LogP contribution < -0.4 is 14.8 Å². The number of para-hydroxylation sites is 1. The molecule has 4 rings (SSSR count). The van der Waals surface area contributed by atoms with Crippen molar-refractivity contribution in [2.24, 2.45) is 0 Å². The summed E-state index contributed by atoms with van der Waals surface area (Å²) in [5, 5.41) is 10.8. The molecule has 2 heterocycles. The van der Waals surface area contributed by atoms with E-state index in [0.717, 1.165) is 17.0 Å². The van der Waals surface area contributed by atoms with Crippen LogP contribution in [0.5, 0.6) is 11.5 Å². The van der Waals surface area contributed by atoms with Gasteiger partial charge in [0.25, 0.3) is 5.91 Å². The second-order valence-corrected chi connectivity index (χ2v) is 6.03. The number of nitrogens with one attached hydrogen (secondary N) is 1. The molecule has 0 aliphatic carbocycles. The van der Waals surface area contributed by atoms with Gasteiger partial charge in [-0.25, -0.2) is 4.68 Å². The Kier molecular flexibility index (Phi) is 4.27. The van der Waals surface area contributed by atoms with Crippen LogP contribution in [-0.4, -0.2) is 40.7 Å². The van der Waals surface area contributed by atoms with Gasteiger partial charge >= 0.3 is 0 Å². The molecule has 0 saturated carbocycles. The van der Waals surface area contributed by atoms with E-state index in [1.807, 2.05) is 30.3 Å². The van der Waals surface area contributed by atoms with Crippen molar-refractivity contribution in [3.8, 4) is 17.2 Å². The van der Waals surface area contributed by atoms with Crippen LogP contribution in [0.2, 0.25) is 0 Å². The highest BCUT2D eigenvalue weighted by atomic mass is 16.5. The van der Waals surface area contributed by atoms with Crippen LogP contribution in [0.3, 0.4) is 0 Å². The number of amides is 1. The molecule has 7 heteroatoms. The van der Waals surface area contributed by atoms with Crippen molar-refractivity contribution in [2.75, 3.05) is 13.7 Å². The lowest BCUT2D eigenvalue weighted by atomic mass is 10.0. The molecule has 7 nitrogen and oxygen atoms in total. The van der Waals surface area contributed by atoms with Crippen molar-refractivity contribution in [3.05, 3.63) is 66.0 Å². The van der Waals surface area contributed by atoms with E-state index in [2.05, 4.69) is 15.6 Å². The normalized spacial score (nSPS) is 15.7. The van der Waals surface area contributed by atoms with Gasteiger partial charge in [0, 0.05) is 11.1 Å². The molecule has 3 aromatic rings. The summed E-state index contributed by atoms with van der Waals surface area (Å²) >= 11 is 0. The number of ether oxygens (including phenoxy) is 2. The highest BCUT2D eigenvalue weighted by molar-refractivity contribution is 5.95. The quantitative estimate of drug-likeness (QED) is 0.779. The van der Waals surface area contributed by atoms with Crippen LogP contribution in [0.25, 0.3) is 5.69 Å². The number of carbonyl (C=O) groups excluding carboxylic acids is 1. The average molecular weight is 350 g/mol. The van der Waals surface area contributed by atoms with Gasteiger partial charge in [0.2, 0.25) is 0 Å². The third-order valence-corrected chi connectivity index (χ3v) is 4.31. The standard InChI is InChI=1S/C19H18N4O3/c1-25-17-7-3-4-13-10-15(12-26-18(13)17)21-19(24)14-5-2-6-16(11-14)23-9-8-20-22-23/h2-9,11,15H,10,12H2,1H3,(H,21,24). The zero-order valence-electron chi connectivity index (χ0n) is 14.3. The zero-order valence-corrected chi connectivity index (χ0v) is 14.3. The molecule has 1 atom stereocenters. The first-order valence-electron chi connectivity index (χ1n) is 8.31. The number of nitrogens with zero attached hydrogens (tertiary/aromatic N) is 3. The number of aromatic nitrogens is 3. The van der Waals surface area contributed by atoms with Gasteiger partial charge in [-0.3, -0.25) is 4.79 Å². The minimum absolute atomic E-state index is 0.0999. The molecule has 0 radical (unpaired) electrons. The van der Waals surface area contributed by atoms with E-state index in [1.165, 1.54) is 0 Å². The van der Waals surface area contributed by atoms with Crippen molar-refractivity contribution in [1.29, 1.82) is 0 Å². The summed E-state index contributed by atoms with van der Waals surface area (Å²) in [5.41, 5.74) is 2.37. The molecule has 1 aliphatic heterocycles. The summed E-state index contributed by atoms with van der Waals surface area (Å²) in [6, 6.07) is 12.9. The van der Waals surface area contributed by atoms with Crippen LogP contribution in [-0.2, 0) is 6.42 Å². The van der Waals surface area contributed by atoms with Crippen LogP contribution in [0.15, 0.2) is 54.9 Å². The van der Waals surface area contributed by atoms with E-state index in [4.69, 9.17) is 9.47 Å². The van der Waals surface area contributed by atoms with Gasteiger partial charge in [0.1, 0.15) is 6.61 Å². The molecule has 0 spiro atoms. The fourth-order valence-electron chi connectivity index (χ4n) is 3.05. The second-order valence-electron chi connectivity index (χ2n) is 6.03. The minimum Gasteiger partial charge on any atom is -0.493 e. The van der Waals surface area contributed by atoms with Crippen LogP contribution in [0.1, 0.15) is 15.9 Å². The predicted molar refractivity (Wildman–Crippen MR) is 94.8 cm³/mol. The van der Waals surface area contributed by atoms with E-state index in [9.17, 15) is 4.79 Å². The maximum atomic E-state index is 12.6. The first-order valence-corrected chi connectivity index (χ1v) is 8.31. The monoisotopic (exact) mass is 350 g/mol. The van der Waals surface area contributed by atoms with Crippen molar-refractivity contribution in [3.63, 3.8) is 0 Å². The molecule has 1 N–H and O–H groups in total. The zero-order chi connectivity index (χ0) is 17.9. The minimum atomic E-state index is -0.146. The molecule has 0 bridgehead atoms. The maximum absolute atomic E-state index is 12.6. The van der Waals surface area contributed by atoms with Crippen molar-refractivity contribution < 1.29 is 14.3 Å². The number of fused-ring (bicyclic) bond motifs is 1. The molecule has 1 aliphatic rings. The van der Waals surface area contributed by atoms with Gasteiger partial charge in [-0.2, -0.15) is 0 Å². The average Bonchev–Trinajstić information content (AvgIpc) is 3.22. The second kappa shape index (κ2) is 6.87. The number of rotatable bonds is 4. The van der Waals surface area contributed by atoms with Crippen LogP contribution >= 0.6 is 0 Å². The van der Waals surface area contributed by atoms with Crippen LogP contribution in [0, 0.1) is 0 Å². The third kappa shape index (κ3) is 3.11. The summed E-state index contributed by atoms with van der Waals surface area (Å²) in [4.78, 5) is 12.6. The number of methoxy groups -OCH3 is 1. The Morgan fingerprint density at radius 1 is 1.31 bits per heavy atom. The molecule has 132 valence electrons. The van der Waals surface area contributed by atoms with E-state index in [-0.39, 0.29) is 11.9 Å². The number of hydrogen-bond acceptors (Lipinski definition) is 5. The highest BCUT2D eigenvalue weighted by Crippen LogP contribution is 2.34. The Bertz CT molecular complexity index is 924. The summed E-state index contributed by atoms with van der Waals surface area (Å²) < 4.78 is 12.8. The van der Waals surface area contributed by atoms with Crippen LogP contribution in [0.4, 0.5) is 0 Å². The summed E-state index contributed by atoms with van der Waals surface area (Å²) in [6.07, 6.45) is 4.02. The summed E-state index contributed by atoms with van der Waals surface area (Å²) in [5.74, 6) is 1.33. The van der Waals surface area contributed by atoms with Gasteiger partial charge < -0.3 is 14.8 Å². The number of carbonyl (C=O) groups is 1. The Balaban J connectivity index is 1.48. The van der Waals surface area contributed by atoms with E-state index < -0.39 is 0 Å². The van der Waals surface area contributed by atoms with Crippen molar-refractivity contribution in [1.82, 2.24) is 20.3 Å². The number of hydrogen-bond donors (Lipinski definition) is 1. The fraction of sp³-hybridized carbons (Fsp3) is 0.211. The Hall–Kier alpha value is -3.35. The number of benzene rings is 2. The van der Waals surface area contributed by atoms with Gasteiger partial charge in [-0.1, -0.05) is 23.4 Å². The molecule has 1 aromatic heterocycles. The van der Waals surface area contributed by atoms with Gasteiger partial charge in [-0.15, -0.1) is 5.10 Å². The lowest BCUT2D eigenvalue weighted by molar-refractivity contribution is 0.0914. The molecule has 26 heavy (non-hydrogen) atoms. The Labute approximate surface area is 150 Å². The first kappa shape index (κ1) is 16.1. The first-order chi connectivity index (χ1) is 12.7. The Morgan fingerprint density at radius 2 is 2.19 bits per heavy atom. The van der Waals surface area contributed by atoms with Gasteiger partial charge in [0.05, 0.1) is 31.2 Å². The predicted octanol–water partition coefficient (Wildman–Crippen LogP) is 2.01. The van der Waals surface area contributed by atoms with Crippen molar-refractivity contribution in [2.45, 2.75) is 12.5 Å². The molecular formula is C19H18N4O3. The molecule has 2 aromatic carbocycles. The molecule has 1 unspecified atom stereocenters. The van der Waals surface area contributed by atoms with Gasteiger partial charge in [0.15, 0.2) is 11.5 Å². The van der Waals surface area contributed by atoms with E-state index in [0.29, 0.717) is 24.3 Å². The molecule has 0 fully saturated rings. The molecule has 1 amide bonds. The van der Waals surface area contributed by atoms with Gasteiger partial charge in [-0.05, 0) is 30.7 Å². The SMILES string of the molecule is COc1cccc2c1OCC(NC(=O)c1cccc(-n3ccnn3)c1)C2. The van der Waals surface area contributed by atoms with Crippen molar-refractivity contribution >= 4 is 5.91 Å². The third-order valence-electron chi connectivity index (χ3n) is 4.31. The van der Waals surface area contributed by atoms with E-state index >= 15 is 0 Å². The lowest BCUT2D eigenvalue weighted by Crippen LogP contribution is -2.42. The molecular weight excluding hydrogens is 332 g/mol. The fourth-order valence-corrected chi connectivity index (χ4v) is 3.05. The maximum Gasteiger partial charge on any atom is 0.251 e. The smallest absolute Gasteiger partial charge is 0.251 e. The molecule has 0 saturated heterocycles. The summed E-state index contributed by atoms with van der Waals surface area (Å²) in [7, 11) is 1.62. The highest BCUT2D eigenvalue weighted by Gasteiger charge is 2.24. The largest absolute Gasteiger partial charge is 0.493 e. The lowest BCUT2D eigenvalue weighted by Gasteiger charge is -2.27.